The smallest absolute Gasteiger partial charge is 0.270 e. The molecule has 3 heterocycles. The molecule has 0 N–H and O–H groups in total. The molecule has 8 nitrogen and oxygen atoms in total. The molecule has 8 heteroatoms. The molecule has 0 saturated carbocycles. The van der Waals surface area contributed by atoms with E-state index in [1.165, 1.54) is 4.57 Å². The van der Waals surface area contributed by atoms with Gasteiger partial charge in [-0.15, -0.1) is 0 Å². The highest BCUT2D eigenvalue weighted by Crippen LogP contribution is 2.32. The fourth-order valence-electron chi connectivity index (χ4n) is 4.64. The van der Waals surface area contributed by atoms with Gasteiger partial charge in [0.05, 0.1) is 22.8 Å². The van der Waals surface area contributed by atoms with Crippen LogP contribution in [0.4, 0.5) is 5.69 Å². The van der Waals surface area contributed by atoms with Crippen LogP contribution in [0.25, 0.3) is 11.0 Å². The number of fused-ring (bicyclic) bond motifs is 1. The Hall–Kier alpha value is -4.19. The maximum absolute atomic E-state index is 12.9. The summed E-state index contributed by atoms with van der Waals surface area (Å²) in [5, 5.41) is 28.2. The number of aryl methyl sites for hydroxylation is 1. The van der Waals surface area contributed by atoms with E-state index >= 15 is 0 Å². The van der Waals surface area contributed by atoms with Crippen LogP contribution in [0, 0.1) is 34.0 Å². The van der Waals surface area contributed by atoms with Crippen LogP contribution in [-0.2, 0) is 7.05 Å². The fraction of sp³-hybridized carbons (Fsp3) is 0.320. The summed E-state index contributed by atoms with van der Waals surface area (Å²) in [6.07, 6.45) is 0. The van der Waals surface area contributed by atoms with Crippen molar-refractivity contribution < 1.29 is 0 Å². The van der Waals surface area contributed by atoms with Gasteiger partial charge in [0, 0.05) is 38.8 Å². The molecule has 1 fully saturated rings. The number of piperazine rings is 1. The normalized spacial score (nSPS) is 17.2. The Labute approximate surface area is 192 Å². The van der Waals surface area contributed by atoms with Gasteiger partial charge in [0.2, 0.25) is 0 Å². The maximum atomic E-state index is 12.9. The summed E-state index contributed by atoms with van der Waals surface area (Å²) >= 11 is 0. The predicted molar refractivity (Wildman–Crippen MR) is 124 cm³/mol. The zero-order valence-electron chi connectivity index (χ0n) is 18.8. The average molecular weight is 438 g/mol. The monoisotopic (exact) mass is 437 g/mol. The molecule has 4 rings (SSSR count). The van der Waals surface area contributed by atoms with Crippen LogP contribution in [0.5, 0.6) is 0 Å². The lowest BCUT2D eigenvalue weighted by Gasteiger charge is -2.44. The second-order valence-corrected chi connectivity index (χ2v) is 8.32. The molecule has 0 bridgehead atoms. The minimum Gasteiger partial charge on any atom is -0.366 e. The predicted octanol–water partition coefficient (Wildman–Crippen LogP) is 2.82. The van der Waals surface area contributed by atoms with E-state index in [4.69, 9.17) is 5.26 Å². The molecular weight excluding hydrogens is 414 g/mol. The van der Waals surface area contributed by atoms with Gasteiger partial charge in [0.15, 0.2) is 0 Å². The average Bonchev–Trinajstić information content (AvgIpc) is 2.85. The van der Waals surface area contributed by atoms with Crippen LogP contribution in [-0.4, -0.2) is 40.1 Å². The number of anilines is 1. The van der Waals surface area contributed by atoms with Crippen molar-refractivity contribution in [2.24, 2.45) is 7.05 Å². The van der Waals surface area contributed by atoms with Crippen molar-refractivity contribution in [3.63, 3.8) is 0 Å². The number of nitriles is 3. The second-order valence-electron chi connectivity index (χ2n) is 8.32. The van der Waals surface area contributed by atoms with Crippen molar-refractivity contribution in [1.29, 1.82) is 15.8 Å². The summed E-state index contributed by atoms with van der Waals surface area (Å²) in [4.78, 5) is 21.8. The van der Waals surface area contributed by atoms with Crippen LogP contribution in [0.3, 0.4) is 0 Å². The summed E-state index contributed by atoms with van der Waals surface area (Å²) in [5.74, 6) is 0. The number of benzene rings is 1. The molecule has 2 atom stereocenters. The molecule has 2 aromatic heterocycles. The Morgan fingerprint density at radius 3 is 2.36 bits per heavy atom. The zero-order valence-corrected chi connectivity index (χ0v) is 18.8. The zero-order chi connectivity index (χ0) is 23.7. The molecule has 3 aromatic rings. The third-order valence-corrected chi connectivity index (χ3v) is 6.46. The molecule has 1 aromatic carbocycles. The van der Waals surface area contributed by atoms with Crippen molar-refractivity contribution in [1.82, 2.24) is 14.5 Å². The third kappa shape index (κ3) is 3.80. The quantitative estimate of drug-likeness (QED) is 0.619. The Bertz CT molecular complexity index is 1400. The van der Waals surface area contributed by atoms with Crippen LogP contribution >= 0.6 is 0 Å². The third-order valence-electron chi connectivity index (χ3n) is 6.46. The van der Waals surface area contributed by atoms with Gasteiger partial charge < -0.3 is 9.47 Å². The van der Waals surface area contributed by atoms with E-state index in [1.54, 1.807) is 19.2 Å². The molecule has 0 amide bonds. The highest BCUT2D eigenvalue weighted by atomic mass is 16.1. The van der Waals surface area contributed by atoms with Crippen molar-refractivity contribution in [3.05, 3.63) is 69.1 Å². The standard InChI is InChI=1S/C25H23N7O/c1-16-15-31(10-11-32(16)17(2)19-6-4-18(12-26)5-7-19)24-21(14-28)25(33)30(3)22-9-8-20(13-27)29-23(22)24/h4-9,16-17H,10-11,15H2,1-3H3/t16-,17?/m1/s1. The van der Waals surface area contributed by atoms with Crippen molar-refractivity contribution >= 4 is 16.7 Å². The van der Waals surface area contributed by atoms with Gasteiger partial charge >= 0.3 is 0 Å². The van der Waals surface area contributed by atoms with Gasteiger partial charge in [-0.1, -0.05) is 12.1 Å². The van der Waals surface area contributed by atoms with E-state index in [2.05, 4.69) is 35.9 Å². The minimum absolute atomic E-state index is 0.0494. The van der Waals surface area contributed by atoms with E-state index in [0.717, 1.165) is 12.1 Å². The Morgan fingerprint density at radius 1 is 1.03 bits per heavy atom. The van der Waals surface area contributed by atoms with Gasteiger partial charge in [0.1, 0.15) is 28.9 Å². The van der Waals surface area contributed by atoms with E-state index in [9.17, 15) is 15.3 Å². The van der Waals surface area contributed by atoms with Crippen molar-refractivity contribution in [3.8, 4) is 18.2 Å². The summed E-state index contributed by atoms with van der Waals surface area (Å²) in [7, 11) is 1.61. The topological polar surface area (TPSA) is 113 Å². The van der Waals surface area contributed by atoms with Gasteiger partial charge in [-0.25, -0.2) is 4.98 Å². The fourth-order valence-corrected chi connectivity index (χ4v) is 4.64. The van der Waals surface area contributed by atoms with Gasteiger partial charge in [0.25, 0.3) is 5.56 Å². The van der Waals surface area contributed by atoms with E-state index in [1.807, 2.05) is 35.2 Å². The van der Waals surface area contributed by atoms with Crippen LogP contribution < -0.4 is 10.5 Å². The molecule has 1 saturated heterocycles. The number of aromatic nitrogens is 2. The van der Waals surface area contributed by atoms with Crippen molar-refractivity contribution in [2.45, 2.75) is 25.9 Å². The molecule has 1 aliphatic heterocycles. The van der Waals surface area contributed by atoms with Crippen LogP contribution in [0.1, 0.15) is 42.3 Å². The summed E-state index contributed by atoms with van der Waals surface area (Å²) in [5.41, 5.74) is 3.28. The van der Waals surface area contributed by atoms with E-state index < -0.39 is 0 Å². The van der Waals surface area contributed by atoms with Crippen molar-refractivity contribution in [2.75, 3.05) is 24.5 Å². The number of rotatable bonds is 3. The Morgan fingerprint density at radius 2 is 1.76 bits per heavy atom. The molecule has 1 unspecified atom stereocenters. The number of pyridine rings is 2. The second kappa shape index (κ2) is 8.74. The first-order valence-electron chi connectivity index (χ1n) is 10.7. The molecule has 0 aliphatic carbocycles. The molecule has 0 spiro atoms. The lowest BCUT2D eigenvalue weighted by molar-refractivity contribution is 0.138. The first kappa shape index (κ1) is 22.0. The molecule has 0 radical (unpaired) electrons. The highest BCUT2D eigenvalue weighted by molar-refractivity contribution is 5.92. The number of hydrogen-bond acceptors (Lipinski definition) is 7. The molecular formula is C25H23N7O. The summed E-state index contributed by atoms with van der Waals surface area (Å²) in [6.45, 7) is 6.20. The lowest BCUT2D eigenvalue weighted by Crippen LogP contribution is -2.53. The highest BCUT2D eigenvalue weighted by Gasteiger charge is 2.31. The molecule has 164 valence electrons. The number of hydrogen-bond donors (Lipinski definition) is 0. The van der Waals surface area contributed by atoms with Crippen LogP contribution in [0.15, 0.2) is 41.2 Å². The van der Waals surface area contributed by atoms with Gasteiger partial charge in [-0.3, -0.25) is 9.69 Å². The Kier molecular flexibility index (Phi) is 5.84. The van der Waals surface area contributed by atoms with Crippen LogP contribution in [0.2, 0.25) is 0 Å². The maximum Gasteiger partial charge on any atom is 0.270 e. The van der Waals surface area contributed by atoms with Gasteiger partial charge in [-0.2, -0.15) is 15.8 Å². The molecule has 1 aliphatic rings. The first-order chi connectivity index (χ1) is 15.9. The SMILES string of the molecule is CC(c1ccc(C#N)cc1)N1CCN(c2c(C#N)c(=O)n(C)c3ccc(C#N)nc23)C[C@H]1C. The van der Waals surface area contributed by atoms with E-state index in [0.29, 0.717) is 35.4 Å². The lowest BCUT2D eigenvalue weighted by atomic mass is 10.0. The summed E-state index contributed by atoms with van der Waals surface area (Å²) < 4.78 is 1.41. The van der Waals surface area contributed by atoms with E-state index in [-0.39, 0.29) is 28.9 Å². The Balaban J connectivity index is 1.70. The largest absolute Gasteiger partial charge is 0.366 e. The number of nitrogens with zero attached hydrogens (tertiary/aromatic N) is 7. The van der Waals surface area contributed by atoms with Gasteiger partial charge in [-0.05, 0) is 43.7 Å². The summed E-state index contributed by atoms with van der Waals surface area (Å²) in [6, 6.07) is 17.5. The minimum atomic E-state index is -0.368. The molecule has 33 heavy (non-hydrogen) atoms. The first-order valence-corrected chi connectivity index (χ1v) is 10.7.